The molecule has 2 saturated heterocycles. The lowest BCUT2D eigenvalue weighted by molar-refractivity contribution is -0.139. The third-order valence-electron chi connectivity index (χ3n) is 4.22. The molecular weight excluding hydrogens is 252 g/mol. The van der Waals surface area contributed by atoms with Crippen LogP contribution in [0.25, 0.3) is 0 Å². The summed E-state index contributed by atoms with van der Waals surface area (Å²) >= 11 is 0. The number of carbonyl (C=O) groups excluding carboxylic acids is 1. The van der Waals surface area contributed by atoms with E-state index in [-0.39, 0.29) is 29.4 Å². The van der Waals surface area contributed by atoms with Crippen molar-refractivity contribution >= 4 is 15.7 Å². The summed E-state index contributed by atoms with van der Waals surface area (Å²) < 4.78 is 22.9. The number of nitrogens with two attached hydrogens (primary N) is 1. The Bertz CT molecular complexity index is 421. The molecule has 2 aliphatic rings. The van der Waals surface area contributed by atoms with Crippen molar-refractivity contribution in [3.05, 3.63) is 0 Å². The molecule has 2 rings (SSSR count). The Hall–Kier alpha value is -0.620. The average Bonchev–Trinajstić information content (AvgIpc) is 2.68. The van der Waals surface area contributed by atoms with E-state index in [1.807, 2.05) is 4.90 Å². The lowest BCUT2D eigenvalue weighted by Crippen LogP contribution is -2.53. The van der Waals surface area contributed by atoms with Crippen molar-refractivity contribution in [3.8, 4) is 0 Å². The van der Waals surface area contributed by atoms with Gasteiger partial charge in [-0.15, -0.1) is 0 Å². The highest BCUT2D eigenvalue weighted by atomic mass is 32.2. The van der Waals surface area contributed by atoms with Gasteiger partial charge in [0.2, 0.25) is 5.91 Å². The summed E-state index contributed by atoms with van der Waals surface area (Å²) in [5, 5.41) is 0. The van der Waals surface area contributed by atoms with Crippen LogP contribution in [0, 0.1) is 11.8 Å². The summed E-state index contributed by atoms with van der Waals surface area (Å²) in [6.07, 6.45) is 2.56. The number of carbonyl (C=O) groups is 1. The zero-order valence-corrected chi connectivity index (χ0v) is 11.7. The molecule has 5 nitrogen and oxygen atoms in total. The van der Waals surface area contributed by atoms with Gasteiger partial charge in [-0.25, -0.2) is 8.42 Å². The Kier molecular flexibility index (Phi) is 3.96. The van der Waals surface area contributed by atoms with Gasteiger partial charge in [0.05, 0.1) is 17.4 Å². The summed E-state index contributed by atoms with van der Waals surface area (Å²) in [7, 11) is -3.00. The molecule has 0 radical (unpaired) electrons. The zero-order chi connectivity index (χ0) is 13.3. The van der Waals surface area contributed by atoms with Crippen LogP contribution in [0.4, 0.5) is 0 Å². The first kappa shape index (κ1) is 13.8. The molecule has 2 aliphatic heterocycles. The van der Waals surface area contributed by atoms with Gasteiger partial charge in [0.1, 0.15) is 0 Å². The van der Waals surface area contributed by atoms with E-state index in [2.05, 4.69) is 6.92 Å². The predicted octanol–water partition coefficient (Wildman–Crippen LogP) is 0.00690. The Labute approximate surface area is 109 Å². The smallest absolute Gasteiger partial charge is 0.227 e. The van der Waals surface area contributed by atoms with Gasteiger partial charge >= 0.3 is 0 Å². The molecular formula is C12H22N2O3S. The van der Waals surface area contributed by atoms with Crippen molar-refractivity contribution in [2.45, 2.75) is 32.2 Å². The molecule has 2 heterocycles. The van der Waals surface area contributed by atoms with Crippen molar-refractivity contribution in [2.24, 2.45) is 17.6 Å². The molecule has 0 aliphatic carbocycles. The van der Waals surface area contributed by atoms with Crippen LogP contribution < -0.4 is 5.73 Å². The number of piperidine rings is 1. The van der Waals surface area contributed by atoms with E-state index in [0.717, 1.165) is 19.4 Å². The maximum Gasteiger partial charge on any atom is 0.227 e. The topological polar surface area (TPSA) is 80.5 Å². The molecule has 3 atom stereocenters. The fourth-order valence-electron chi connectivity index (χ4n) is 3.11. The molecule has 0 aromatic rings. The van der Waals surface area contributed by atoms with Crippen LogP contribution >= 0.6 is 0 Å². The first-order valence-electron chi connectivity index (χ1n) is 6.65. The maximum absolute atomic E-state index is 12.4. The Morgan fingerprint density at radius 2 is 2.11 bits per heavy atom. The summed E-state index contributed by atoms with van der Waals surface area (Å²) in [5.41, 5.74) is 5.76. The summed E-state index contributed by atoms with van der Waals surface area (Å²) in [6.45, 7) is 3.30. The Morgan fingerprint density at radius 1 is 1.39 bits per heavy atom. The van der Waals surface area contributed by atoms with Crippen molar-refractivity contribution in [3.63, 3.8) is 0 Å². The van der Waals surface area contributed by atoms with E-state index >= 15 is 0 Å². The van der Waals surface area contributed by atoms with E-state index in [9.17, 15) is 13.2 Å². The minimum atomic E-state index is -3.00. The molecule has 6 heteroatoms. The number of sulfone groups is 1. The van der Waals surface area contributed by atoms with E-state index in [1.54, 1.807) is 0 Å². The highest BCUT2D eigenvalue weighted by Gasteiger charge is 2.39. The Morgan fingerprint density at radius 3 is 2.67 bits per heavy atom. The fourth-order valence-corrected chi connectivity index (χ4v) is 4.84. The molecule has 0 spiro atoms. The van der Waals surface area contributed by atoms with Crippen molar-refractivity contribution < 1.29 is 13.2 Å². The minimum absolute atomic E-state index is 0.00178. The van der Waals surface area contributed by atoms with Crippen molar-refractivity contribution in [2.75, 3.05) is 24.6 Å². The number of rotatable bonds is 2. The van der Waals surface area contributed by atoms with Crippen molar-refractivity contribution in [1.82, 2.24) is 4.90 Å². The molecule has 2 fully saturated rings. The summed E-state index contributed by atoms with van der Waals surface area (Å²) in [4.78, 5) is 14.2. The van der Waals surface area contributed by atoms with Gasteiger partial charge in [0.15, 0.2) is 9.84 Å². The number of amides is 1. The summed E-state index contributed by atoms with van der Waals surface area (Å²) in [5.74, 6) is 0.242. The number of hydrogen-bond donors (Lipinski definition) is 1. The minimum Gasteiger partial charge on any atom is -0.338 e. The number of nitrogens with zero attached hydrogens (tertiary/aromatic N) is 1. The second kappa shape index (κ2) is 5.17. The number of hydrogen-bond acceptors (Lipinski definition) is 4. The normalized spacial score (nSPS) is 35.7. The second-order valence-electron chi connectivity index (χ2n) is 5.55. The SMILES string of the molecule is CC1CCCN(C(=O)C2CCS(=O)(=O)C2)C1CN. The third-order valence-corrected chi connectivity index (χ3v) is 5.99. The second-order valence-corrected chi connectivity index (χ2v) is 7.78. The summed E-state index contributed by atoms with van der Waals surface area (Å²) in [6, 6.07) is 0.0783. The van der Waals surface area contributed by atoms with Gasteiger partial charge in [0.25, 0.3) is 0 Å². The van der Waals surface area contributed by atoms with Crippen LogP contribution in [-0.4, -0.2) is 49.9 Å². The molecule has 1 amide bonds. The fraction of sp³-hybridized carbons (Fsp3) is 0.917. The molecule has 0 aromatic carbocycles. The number of likely N-dealkylation sites (tertiary alicyclic amines) is 1. The molecule has 0 aromatic heterocycles. The van der Waals surface area contributed by atoms with E-state index in [4.69, 9.17) is 5.73 Å². The van der Waals surface area contributed by atoms with Crippen LogP contribution in [0.15, 0.2) is 0 Å². The first-order valence-corrected chi connectivity index (χ1v) is 8.47. The standard InChI is InChI=1S/C12H22N2O3S/c1-9-3-2-5-14(11(9)7-13)12(15)10-4-6-18(16,17)8-10/h9-11H,2-8,13H2,1H3. The molecule has 104 valence electrons. The molecule has 0 bridgehead atoms. The van der Waals surface area contributed by atoms with Crippen molar-refractivity contribution in [1.29, 1.82) is 0 Å². The van der Waals surface area contributed by atoms with Gasteiger partial charge < -0.3 is 10.6 Å². The van der Waals surface area contributed by atoms with Crippen LogP contribution in [0.2, 0.25) is 0 Å². The van der Waals surface area contributed by atoms with Crippen LogP contribution in [0.1, 0.15) is 26.2 Å². The maximum atomic E-state index is 12.4. The molecule has 3 unspecified atom stereocenters. The first-order chi connectivity index (χ1) is 8.44. The molecule has 18 heavy (non-hydrogen) atoms. The molecule has 0 saturated carbocycles. The van der Waals surface area contributed by atoms with E-state index in [0.29, 0.717) is 18.9 Å². The third kappa shape index (κ3) is 2.69. The lowest BCUT2D eigenvalue weighted by atomic mass is 9.89. The average molecular weight is 274 g/mol. The van der Waals surface area contributed by atoms with Gasteiger partial charge in [0, 0.05) is 19.1 Å². The van der Waals surface area contributed by atoms with Gasteiger partial charge in [-0.05, 0) is 25.2 Å². The molecule has 2 N–H and O–H groups in total. The highest BCUT2D eigenvalue weighted by molar-refractivity contribution is 7.91. The van der Waals surface area contributed by atoms with Crippen LogP contribution in [-0.2, 0) is 14.6 Å². The highest BCUT2D eigenvalue weighted by Crippen LogP contribution is 2.27. The Balaban J connectivity index is 2.08. The monoisotopic (exact) mass is 274 g/mol. The predicted molar refractivity (Wildman–Crippen MR) is 69.7 cm³/mol. The zero-order valence-electron chi connectivity index (χ0n) is 10.8. The van der Waals surface area contributed by atoms with Gasteiger partial charge in [-0.3, -0.25) is 4.79 Å². The van der Waals surface area contributed by atoms with Crippen LogP contribution in [0.5, 0.6) is 0 Å². The van der Waals surface area contributed by atoms with Crippen LogP contribution in [0.3, 0.4) is 0 Å². The lowest BCUT2D eigenvalue weighted by Gasteiger charge is -2.40. The largest absolute Gasteiger partial charge is 0.338 e. The van der Waals surface area contributed by atoms with Gasteiger partial charge in [-0.2, -0.15) is 0 Å². The van der Waals surface area contributed by atoms with E-state index < -0.39 is 9.84 Å². The van der Waals surface area contributed by atoms with E-state index in [1.165, 1.54) is 0 Å². The van der Waals surface area contributed by atoms with Gasteiger partial charge in [-0.1, -0.05) is 6.92 Å². The quantitative estimate of drug-likeness (QED) is 0.769.